The summed E-state index contributed by atoms with van der Waals surface area (Å²) in [5, 5.41) is 4.94. The molecule has 1 atom stereocenters. The first kappa shape index (κ1) is 29.3. The van der Waals surface area contributed by atoms with Crippen LogP contribution in [0.15, 0.2) is 71.4 Å². The fraction of sp³-hybridized carbons (Fsp3) is 0.414. The number of amides is 2. The average molecular weight is 558 g/mol. The molecule has 2 aromatic heterocycles. The molecule has 1 aliphatic heterocycles. The van der Waals surface area contributed by atoms with Crippen LogP contribution in [0, 0.1) is 0 Å². The molecule has 8 nitrogen and oxygen atoms in total. The predicted octanol–water partition coefficient (Wildman–Crippen LogP) is 3.99. The molecule has 0 bridgehead atoms. The van der Waals surface area contributed by atoms with Crippen LogP contribution < -0.4 is 10.6 Å². The van der Waals surface area contributed by atoms with Gasteiger partial charge < -0.3 is 15.1 Å². The third-order valence-corrected chi connectivity index (χ3v) is 6.76. The minimum atomic E-state index is -4.49. The van der Waals surface area contributed by atoms with E-state index in [0.717, 1.165) is 11.1 Å². The second kappa shape index (κ2) is 14.1. The lowest BCUT2D eigenvalue weighted by atomic mass is 10.1. The minimum absolute atomic E-state index is 0.0581. The van der Waals surface area contributed by atoms with Crippen molar-refractivity contribution in [1.29, 1.82) is 0 Å². The topological polar surface area (TPSA) is 90.7 Å². The Morgan fingerprint density at radius 2 is 1.82 bits per heavy atom. The fourth-order valence-corrected chi connectivity index (χ4v) is 4.67. The Morgan fingerprint density at radius 1 is 1.00 bits per heavy atom. The Balaban J connectivity index is 1.28. The number of alkyl halides is 3. The van der Waals surface area contributed by atoms with Gasteiger partial charge in [-0.3, -0.25) is 24.4 Å². The van der Waals surface area contributed by atoms with E-state index in [4.69, 9.17) is 4.42 Å². The standard InChI is InChI=1S/C29H34F3N5O3/c30-29(31,32)21-35-28(39)25-20-36(19-24-11-12-26(40-24)23-9-6-13-33-18-23)15-16-37(25)14-5-4-10-27(38)34-17-22-7-2-1-3-8-22/h1-3,6-9,11-13,18,25H,4-5,10,14-17,19-21H2,(H,34,38)(H,35,39). The maximum Gasteiger partial charge on any atom is 0.405 e. The van der Waals surface area contributed by atoms with Crippen molar-refractivity contribution in [2.45, 2.75) is 44.6 Å². The van der Waals surface area contributed by atoms with E-state index in [2.05, 4.69) is 10.3 Å². The molecule has 214 valence electrons. The number of hydrogen-bond acceptors (Lipinski definition) is 6. The summed E-state index contributed by atoms with van der Waals surface area (Å²) in [5.41, 5.74) is 1.86. The van der Waals surface area contributed by atoms with Crippen LogP contribution in [-0.4, -0.2) is 71.5 Å². The van der Waals surface area contributed by atoms with Gasteiger partial charge in [-0.1, -0.05) is 30.3 Å². The summed E-state index contributed by atoms with van der Waals surface area (Å²) in [6, 6.07) is 16.3. The van der Waals surface area contributed by atoms with Gasteiger partial charge in [-0.05, 0) is 49.2 Å². The zero-order chi connectivity index (χ0) is 28.4. The number of pyridine rings is 1. The van der Waals surface area contributed by atoms with Gasteiger partial charge in [0, 0.05) is 50.6 Å². The summed E-state index contributed by atoms with van der Waals surface area (Å²) < 4.78 is 44.3. The molecular formula is C29H34F3N5O3. The number of unbranched alkanes of at least 4 members (excludes halogenated alkanes) is 1. The van der Waals surface area contributed by atoms with E-state index in [9.17, 15) is 22.8 Å². The quantitative estimate of drug-likeness (QED) is 0.328. The van der Waals surface area contributed by atoms with Gasteiger partial charge >= 0.3 is 6.18 Å². The Bertz CT molecular complexity index is 1220. The molecule has 0 saturated carbocycles. The number of hydrogen-bond donors (Lipinski definition) is 2. The summed E-state index contributed by atoms with van der Waals surface area (Å²) in [4.78, 5) is 33.1. The Morgan fingerprint density at radius 3 is 2.58 bits per heavy atom. The van der Waals surface area contributed by atoms with Gasteiger partial charge in [0.05, 0.1) is 6.54 Å². The average Bonchev–Trinajstić information content (AvgIpc) is 3.42. The molecule has 0 aliphatic carbocycles. The zero-order valence-corrected chi connectivity index (χ0v) is 22.2. The van der Waals surface area contributed by atoms with Crippen molar-refractivity contribution in [3.05, 3.63) is 78.3 Å². The Hall–Kier alpha value is -3.70. The number of aromatic nitrogens is 1. The maximum atomic E-state index is 12.8. The number of rotatable bonds is 12. The molecule has 3 heterocycles. The van der Waals surface area contributed by atoms with Crippen molar-refractivity contribution < 1.29 is 27.2 Å². The van der Waals surface area contributed by atoms with E-state index in [1.165, 1.54) is 0 Å². The molecule has 1 aliphatic rings. The highest BCUT2D eigenvalue weighted by Gasteiger charge is 2.35. The highest BCUT2D eigenvalue weighted by atomic mass is 19.4. The molecule has 1 fully saturated rings. The molecule has 11 heteroatoms. The maximum absolute atomic E-state index is 12.8. The third kappa shape index (κ3) is 9.20. The molecule has 4 rings (SSSR count). The molecule has 1 saturated heterocycles. The summed E-state index contributed by atoms with van der Waals surface area (Å²) in [7, 11) is 0. The molecule has 2 N–H and O–H groups in total. The normalized spacial score (nSPS) is 16.5. The van der Waals surface area contributed by atoms with Crippen LogP contribution >= 0.6 is 0 Å². The first-order chi connectivity index (χ1) is 19.3. The van der Waals surface area contributed by atoms with Gasteiger partial charge in [-0.15, -0.1) is 0 Å². The van der Waals surface area contributed by atoms with E-state index in [1.54, 1.807) is 12.4 Å². The minimum Gasteiger partial charge on any atom is -0.460 e. The Labute approximate surface area is 231 Å². The predicted molar refractivity (Wildman–Crippen MR) is 144 cm³/mol. The monoisotopic (exact) mass is 557 g/mol. The fourth-order valence-electron chi connectivity index (χ4n) is 4.67. The van der Waals surface area contributed by atoms with Crippen molar-refractivity contribution in [3.63, 3.8) is 0 Å². The molecule has 3 aromatic rings. The van der Waals surface area contributed by atoms with Crippen LogP contribution in [0.3, 0.4) is 0 Å². The number of nitrogens with one attached hydrogen (secondary N) is 2. The summed E-state index contributed by atoms with van der Waals surface area (Å²) in [5.74, 6) is 0.660. The largest absolute Gasteiger partial charge is 0.460 e. The van der Waals surface area contributed by atoms with E-state index in [0.29, 0.717) is 63.5 Å². The molecule has 2 amide bonds. The highest BCUT2D eigenvalue weighted by Crippen LogP contribution is 2.23. The highest BCUT2D eigenvalue weighted by molar-refractivity contribution is 5.82. The van der Waals surface area contributed by atoms with Crippen LogP contribution in [-0.2, 0) is 22.7 Å². The number of carbonyl (C=O) groups excluding carboxylic acids is 2. The van der Waals surface area contributed by atoms with Crippen molar-refractivity contribution in [2.75, 3.05) is 32.7 Å². The molecule has 1 unspecified atom stereocenters. The second-order valence-corrected chi connectivity index (χ2v) is 9.85. The first-order valence-electron chi connectivity index (χ1n) is 13.4. The first-order valence-corrected chi connectivity index (χ1v) is 13.4. The van der Waals surface area contributed by atoms with Crippen molar-refractivity contribution in [2.24, 2.45) is 0 Å². The number of benzene rings is 1. The molecule has 0 radical (unpaired) electrons. The van der Waals surface area contributed by atoms with Crippen LogP contribution in [0.4, 0.5) is 13.2 Å². The smallest absolute Gasteiger partial charge is 0.405 e. The van der Waals surface area contributed by atoms with Gasteiger partial charge in [0.1, 0.15) is 24.1 Å². The second-order valence-electron chi connectivity index (χ2n) is 9.85. The van der Waals surface area contributed by atoms with Gasteiger partial charge in [0.2, 0.25) is 11.8 Å². The molecule has 40 heavy (non-hydrogen) atoms. The summed E-state index contributed by atoms with van der Waals surface area (Å²) in [6.07, 6.45) is 0.497. The van der Waals surface area contributed by atoms with E-state index < -0.39 is 24.7 Å². The van der Waals surface area contributed by atoms with Gasteiger partial charge in [-0.25, -0.2) is 0 Å². The number of piperazine rings is 1. The van der Waals surface area contributed by atoms with Crippen molar-refractivity contribution in [1.82, 2.24) is 25.4 Å². The van der Waals surface area contributed by atoms with Crippen LogP contribution in [0.25, 0.3) is 11.3 Å². The molecule has 1 aromatic carbocycles. The lowest BCUT2D eigenvalue weighted by molar-refractivity contribution is -0.143. The Kier molecular flexibility index (Phi) is 10.3. The van der Waals surface area contributed by atoms with E-state index >= 15 is 0 Å². The van der Waals surface area contributed by atoms with Crippen LogP contribution in [0.1, 0.15) is 30.6 Å². The number of carbonyl (C=O) groups is 2. The van der Waals surface area contributed by atoms with Crippen LogP contribution in [0.5, 0.6) is 0 Å². The number of halogens is 3. The lowest BCUT2D eigenvalue weighted by Crippen LogP contribution is -2.59. The number of nitrogens with zero attached hydrogens (tertiary/aromatic N) is 3. The molecular weight excluding hydrogens is 523 g/mol. The van der Waals surface area contributed by atoms with Gasteiger partial charge in [-0.2, -0.15) is 13.2 Å². The van der Waals surface area contributed by atoms with Crippen molar-refractivity contribution in [3.8, 4) is 11.3 Å². The summed E-state index contributed by atoms with van der Waals surface area (Å²) in [6.45, 7) is 1.44. The lowest BCUT2D eigenvalue weighted by Gasteiger charge is -2.40. The van der Waals surface area contributed by atoms with Gasteiger partial charge in [0.25, 0.3) is 0 Å². The van der Waals surface area contributed by atoms with E-state index in [-0.39, 0.29) is 12.5 Å². The van der Waals surface area contributed by atoms with Crippen LogP contribution in [0.2, 0.25) is 0 Å². The third-order valence-electron chi connectivity index (χ3n) is 6.76. The van der Waals surface area contributed by atoms with E-state index in [1.807, 2.05) is 69.7 Å². The summed E-state index contributed by atoms with van der Waals surface area (Å²) >= 11 is 0. The molecule has 0 spiro atoms. The van der Waals surface area contributed by atoms with Crippen molar-refractivity contribution >= 4 is 11.8 Å². The number of furan rings is 1. The zero-order valence-electron chi connectivity index (χ0n) is 22.2. The SMILES string of the molecule is O=C(CCCCN1CCN(Cc2ccc(-c3cccnc3)o2)CC1C(=O)NCC(F)(F)F)NCc1ccccc1. The van der Waals surface area contributed by atoms with Gasteiger partial charge in [0.15, 0.2) is 0 Å².